The highest BCUT2D eigenvalue weighted by Gasteiger charge is 2.48. The minimum atomic E-state index is -5.99. The number of aliphatic hydroxyl groups is 1. The van der Waals surface area contributed by atoms with E-state index in [-0.39, 0.29) is 42.0 Å². The van der Waals surface area contributed by atoms with Crippen molar-refractivity contribution in [3.05, 3.63) is 143 Å². The maximum atomic E-state index is 14.3. The van der Waals surface area contributed by atoms with Gasteiger partial charge in [0.05, 0.1) is 16.4 Å². The number of rotatable bonds is 19. The Balaban J connectivity index is 1.02. The summed E-state index contributed by atoms with van der Waals surface area (Å²) in [6, 6.07) is 34.4. The largest absolute Gasteiger partial charge is 0.501 e. The second-order valence-electron chi connectivity index (χ2n) is 17.3. The Kier molecular flexibility index (Phi) is 17.0. The SMILES string of the molecule is N[C@@H](c1ccccc1-c1ccc(Cl)cc1)C1CCN(c2ccc(C(=O)CS(=O)(=O)c3ccc(C[C@H](CCN4CCN(CCO)CC4)CSc4ccccc4)c(S(=O)(=O)C(F)(F)F)c3)cc2)CC1. The van der Waals surface area contributed by atoms with Crippen molar-refractivity contribution in [3.8, 4) is 11.1 Å². The number of piperazine rings is 1. The summed E-state index contributed by atoms with van der Waals surface area (Å²) in [6.45, 7) is 5.71. The topological polar surface area (TPSA) is 141 Å². The van der Waals surface area contributed by atoms with Crippen molar-refractivity contribution in [2.45, 2.75) is 51.9 Å². The second-order valence-corrected chi connectivity index (χ2v) is 22.7. The first-order chi connectivity index (χ1) is 32.0. The van der Waals surface area contributed by atoms with Gasteiger partial charge in [0.2, 0.25) is 0 Å². The summed E-state index contributed by atoms with van der Waals surface area (Å²) in [5, 5.41) is 9.98. The molecule has 67 heavy (non-hydrogen) atoms. The van der Waals surface area contributed by atoms with Crippen LogP contribution in [0.1, 0.15) is 46.8 Å². The number of benzene rings is 5. The van der Waals surface area contributed by atoms with Crippen LogP contribution in [-0.2, 0) is 26.1 Å². The van der Waals surface area contributed by atoms with Crippen LogP contribution in [0, 0.1) is 11.8 Å². The Morgan fingerprint density at radius 1 is 0.791 bits per heavy atom. The Morgan fingerprint density at radius 3 is 2.06 bits per heavy atom. The molecule has 0 saturated carbocycles. The van der Waals surface area contributed by atoms with Crippen LogP contribution in [-0.4, -0.2) is 114 Å². The van der Waals surface area contributed by atoms with Gasteiger partial charge < -0.3 is 20.6 Å². The predicted molar refractivity (Wildman–Crippen MR) is 260 cm³/mol. The van der Waals surface area contributed by atoms with Gasteiger partial charge in [0, 0.05) is 78.8 Å². The Labute approximate surface area is 401 Å². The Hall–Kier alpha value is -4.26. The maximum absolute atomic E-state index is 14.3. The number of anilines is 1. The molecule has 2 aliphatic rings. The lowest BCUT2D eigenvalue weighted by Crippen LogP contribution is -2.47. The molecule has 0 spiro atoms. The van der Waals surface area contributed by atoms with Crippen LogP contribution in [0.5, 0.6) is 0 Å². The number of nitrogens with two attached hydrogens (primary N) is 1. The number of ketones is 1. The average Bonchev–Trinajstić information content (AvgIpc) is 3.33. The molecule has 7 rings (SSSR count). The molecule has 358 valence electrons. The summed E-state index contributed by atoms with van der Waals surface area (Å²) in [4.78, 5) is 19.2. The van der Waals surface area contributed by atoms with Crippen molar-refractivity contribution in [3.63, 3.8) is 0 Å². The first-order valence-corrected chi connectivity index (χ1v) is 26.9. The molecule has 5 aromatic carbocycles. The zero-order valence-electron chi connectivity index (χ0n) is 37.0. The first kappa shape index (κ1) is 50.6. The average molecular weight is 998 g/mol. The maximum Gasteiger partial charge on any atom is 0.501 e. The van der Waals surface area contributed by atoms with Crippen LogP contribution in [0.4, 0.5) is 18.9 Å². The molecule has 0 unspecified atom stereocenters. The minimum absolute atomic E-state index is 0.0523. The van der Waals surface area contributed by atoms with Crippen LogP contribution < -0.4 is 10.6 Å². The van der Waals surface area contributed by atoms with E-state index in [1.165, 1.54) is 23.9 Å². The number of halogens is 4. The van der Waals surface area contributed by atoms with Crippen LogP contribution in [0.2, 0.25) is 5.02 Å². The highest BCUT2D eigenvalue weighted by Crippen LogP contribution is 2.38. The van der Waals surface area contributed by atoms with Gasteiger partial charge in [-0.2, -0.15) is 13.2 Å². The van der Waals surface area contributed by atoms with Gasteiger partial charge in [-0.1, -0.05) is 72.3 Å². The first-order valence-electron chi connectivity index (χ1n) is 22.4. The number of nitrogens with zero attached hydrogens (tertiary/aromatic N) is 3. The van der Waals surface area contributed by atoms with Crippen LogP contribution in [0.15, 0.2) is 136 Å². The predicted octanol–water partition coefficient (Wildman–Crippen LogP) is 8.82. The van der Waals surface area contributed by atoms with Gasteiger partial charge in [-0.05, 0) is 127 Å². The van der Waals surface area contributed by atoms with Gasteiger partial charge in [-0.25, -0.2) is 16.8 Å². The molecule has 2 aliphatic heterocycles. The van der Waals surface area contributed by atoms with Gasteiger partial charge in [0.25, 0.3) is 9.84 Å². The van der Waals surface area contributed by atoms with Gasteiger partial charge >= 0.3 is 5.51 Å². The number of sulfone groups is 2. The fourth-order valence-electron chi connectivity index (χ4n) is 8.95. The number of piperidine rings is 1. The molecule has 10 nitrogen and oxygen atoms in total. The van der Waals surface area contributed by atoms with E-state index in [0.29, 0.717) is 49.4 Å². The standard InChI is InChI=1S/C50H56ClF3N4O6S3/c51-41-15-10-37(11-16-41)45-8-4-5-9-46(45)49(55)39-21-24-58(25-22-39)42-17-12-38(13-18-42)47(60)35-66(61,62)44-19-14-40(48(33-44)67(63,64)50(52,53)54)32-36(34-65-43-6-2-1-3-7-43)20-23-56-26-28-57(29-27-56)30-31-59/h1-19,33,36,39,49,59H,20-32,34-35,55H2/t36-,49+/m0/s1. The summed E-state index contributed by atoms with van der Waals surface area (Å²) >= 11 is 7.64. The van der Waals surface area contributed by atoms with E-state index in [4.69, 9.17) is 17.3 Å². The molecule has 5 aromatic rings. The van der Waals surface area contributed by atoms with E-state index in [1.807, 2.05) is 66.7 Å². The summed E-state index contributed by atoms with van der Waals surface area (Å²) < 4.78 is 96.7. The van der Waals surface area contributed by atoms with Crippen molar-refractivity contribution in [2.75, 3.05) is 75.4 Å². The van der Waals surface area contributed by atoms with Crippen molar-refractivity contribution >= 4 is 54.5 Å². The molecular weight excluding hydrogens is 941 g/mol. The summed E-state index contributed by atoms with van der Waals surface area (Å²) in [6.07, 6.45) is 2.13. The van der Waals surface area contributed by atoms with E-state index in [9.17, 15) is 39.9 Å². The quantitative estimate of drug-likeness (QED) is 0.0606. The highest BCUT2D eigenvalue weighted by molar-refractivity contribution is 7.99. The molecule has 0 aromatic heterocycles. The third-order valence-electron chi connectivity index (χ3n) is 12.9. The summed E-state index contributed by atoms with van der Waals surface area (Å²) in [5.41, 5.74) is 5.15. The molecule has 3 N–H and O–H groups in total. The Morgan fingerprint density at radius 2 is 1.42 bits per heavy atom. The fourth-order valence-corrected chi connectivity index (χ4v) is 12.5. The number of Topliss-reactive ketones (excluding diaryl/α,β-unsaturated/α-hetero) is 1. The number of β-amino-alcohol motifs (C(OH)–C–C–N with tert-alkyl or cyclic N) is 1. The smallest absolute Gasteiger partial charge is 0.395 e. The van der Waals surface area contributed by atoms with Gasteiger partial charge in [-0.15, -0.1) is 11.8 Å². The van der Waals surface area contributed by atoms with E-state index >= 15 is 0 Å². The van der Waals surface area contributed by atoms with Crippen molar-refractivity contribution < 1.29 is 39.9 Å². The molecule has 0 aliphatic carbocycles. The third kappa shape index (κ3) is 12.9. The Bertz CT molecular complexity index is 2660. The van der Waals surface area contributed by atoms with Crippen LogP contribution in [0.25, 0.3) is 11.1 Å². The molecule has 0 radical (unpaired) electrons. The van der Waals surface area contributed by atoms with Crippen LogP contribution in [0.3, 0.4) is 0 Å². The second kappa shape index (κ2) is 22.4. The van der Waals surface area contributed by atoms with Crippen molar-refractivity contribution in [1.29, 1.82) is 0 Å². The number of carbonyl (C=O) groups is 1. The zero-order valence-corrected chi connectivity index (χ0v) is 40.2. The molecule has 17 heteroatoms. The van der Waals surface area contributed by atoms with Gasteiger partial charge in [-0.3, -0.25) is 9.69 Å². The number of alkyl halides is 3. The summed E-state index contributed by atoms with van der Waals surface area (Å²) in [5.74, 6) is -1.44. The zero-order chi connectivity index (χ0) is 47.8. The molecule has 2 fully saturated rings. The number of carbonyl (C=O) groups excluding carboxylic acids is 1. The van der Waals surface area contributed by atoms with E-state index < -0.39 is 46.5 Å². The highest BCUT2D eigenvalue weighted by atomic mass is 35.5. The molecule has 2 saturated heterocycles. The normalized spacial score (nSPS) is 16.8. The van der Waals surface area contributed by atoms with E-state index in [1.54, 1.807) is 12.1 Å². The lowest BCUT2D eigenvalue weighted by atomic mass is 9.83. The third-order valence-corrected chi connectivity index (χ3v) is 17.5. The van der Waals surface area contributed by atoms with Crippen molar-refractivity contribution in [2.24, 2.45) is 17.6 Å². The molecular formula is C50H56ClF3N4O6S3. The van der Waals surface area contributed by atoms with Crippen molar-refractivity contribution in [1.82, 2.24) is 9.80 Å². The van der Waals surface area contributed by atoms with E-state index in [0.717, 1.165) is 78.4 Å². The molecule has 0 amide bonds. The lowest BCUT2D eigenvalue weighted by Gasteiger charge is -2.36. The molecule has 0 bridgehead atoms. The molecule has 2 heterocycles. The lowest BCUT2D eigenvalue weighted by molar-refractivity contribution is -0.0436. The number of hydrogen-bond donors (Lipinski definition) is 2. The summed E-state index contributed by atoms with van der Waals surface area (Å²) in [7, 11) is -10.6. The number of aliphatic hydroxyl groups excluding tert-OH is 1. The van der Waals surface area contributed by atoms with Gasteiger partial charge in [0.1, 0.15) is 5.75 Å². The monoisotopic (exact) mass is 996 g/mol. The van der Waals surface area contributed by atoms with E-state index in [2.05, 4.69) is 26.8 Å². The molecule has 2 atom stereocenters. The fraction of sp³-hybridized carbons (Fsp3) is 0.380. The minimum Gasteiger partial charge on any atom is -0.395 e. The number of hydrogen-bond acceptors (Lipinski definition) is 11. The van der Waals surface area contributed by atoms with Gasteiger partial charge in [0.15, 0.2) is 15.6 Å². The van der Waals surface area contributed by atoms with Crippen LogP contribution >= 0.6 is 23.4 Å². The number of thioether (sulfide) groups is 1.